The van der Waals surface area contributed by atoms with E-state index in [-0.39, 0.29) is 12.5 Å². The number of carboxylic acids is 1. The van der Waals surface area contributed by atoms with Crippen molar-refractivity contribution in [1.29, 1.82) is 0 Å². The standard InChI is InChI=1S/C10H16N4O2.C7H11N3.C5H8O3/c1-6-7(2-3-9(12)14-6)4-13-10(16)8(11)5-15;1-5-6(4-8)2-3-7(9)10-5;6-5(7)4-1-2-8-3-4/h2-3,8,15H,4-5,11H2,1H3,(H2,12,14)(H,13,16);2-3H,4,8H2,1H3,(H2,9,10);4H,1-3H2,(H,6,7)/t8-;;4-/m0.0/s1. The van der Waals surface area contributed by atoms with E-state index >= 15 is 0 Å². The summed E-state index contributed by atoms with van der Waals surface area (Å²) in [6.45, 7) is 5.20. The highest BCUT2D eigenvalue weighted by molar-refractivity contribution is 5.81. The highest BCUT2D eigenvalue weighted by Gasteiger charge is 2.22. The third-order valence-corrected chi connectivity index (χ3v) is 4.92. The average molecular weight is 478 g/mol. The van der Waals surface area contributed by atoms with Gasteiger partial charge in [0, 0.05) is 31.1 Å². The topological polar surface area (TPSA) is 226 Å². The first-order valence-corrected chi connectivity index (χ1v) is 10.7. The molecule has 0 unspecified atom stereocenters. The van der Waals surface area contributed by atoms with Crippen molar-refractivity contribution in [2.24, 2.45) is 17.4 Å². The predicted molar refractivity (Wildman–Crippen MR) is 128 cm³/mol. The number of aliphatic carboxylic acids is 1. The van der Waals surface area contributed by atoms with Crippen LogP contribution in [0.5, 0.6) is 0 Å². The van der Waals surface area contributed by atoms with Crippen molar-refractivity contribution in [3.8, 4) is 0 Å². The number of pyridine rings is 2. The minimum atomic E-state index is -0.887. The van der Waals surface area contributed by atoms with Crippen molar-refractivity contribution in [3.63, 3.8) is 0 Å². The zero-order valence-electron chi connectivity index (χ0n) is 19.5. The number of hydrogen-bond donors (Lipinski definition) is 7. The molecule has 1 aliphatic heterocycles. The number of aromatic nitrogens is 2. The zero-order chi connectivity index (χ0) is 25.7. The van der Waals surface area contributed by atoms with Crippen LogP contribution in [0, 0.1) is 19.8 Å². The Kier molecular flexibility index (Phi) is 12.5. The number of hydrogen-bond acceptors (Lipinski definition) is 10. The van der Waals surface area contributed by atoms with Gasteiger partial charge in [-0.3, -0.25) is 9.59 Å². The Morgan fingerprint density at radius 3 is 2.06 bits per heavy atom. The lowest BCUT2D eigenvalue weighted by molar-refractivity contribution is -0.141. The fourth-order valence-electron chi connectivity index (χ4n) is 2.75. The second kappa shape index (κ2) is 14.8. The molecular formula is C22H35N7O5. The molecule has 0 spiro atoms. The fourth-order valence-corrected chi connectivity index (χ4v) is 2.75. The number of amides is 1. The number of carbonyl (C=O) groups excluding carboxylic acids is 1. The summed E-state index contributed by atoms with van der Waals surface area (Å²) in [6, 6.07) is 6.23. The highest BCUT2D eigenvalue weighted by Crippen LogP contribution is 2.11. The Morgan fingerprint density at radius 2 is 1.68 bits per heavy atom. The summed E-state index contributed by atoms with van der Waals surface area (Å²) in [7, 11) is 0. The first kappa shape index (κ1) is 28.7. The second-order valence-electron chi connectivity index (χ2n) is 7.57. The molecule has 3 rings (SSSR count). The molecule has 34 heavy (non-hydrogen) atoms. The summed E-state index contributed by atoms with van der Waals surface area (Å²) < 4.78 is 4.84. The molecule has 1 aliphatic rings. The van der Waals surface area contributed by atoms with Crippen LogP contribution in [0.2, 0.25) is 0 Å². The quantitative estimate of drug-likeness (QED) is 0.279. The summed E-state index contributed by atoms with van der Waals surface area (Å²) in [5, 5.41) is 19.6. The Hall–Kier alpha value is -3.32. The molecule has 3 heterocycles. The van der Waals surface area contributed by atoms with Crippen LogP contribution >= 0.6 is 0 Å². The van der Waals surface area contributed by atoms with Crippen LogP contribution in [-0.4, -0.2) is 57.9 Å². The largest absolute Gasteiger partial charge is 0.481 e. The molecule has 2 atom stereocenters. The van der Waals surface area contributed by atoms with E-state index in [4.69, 9.17) is 37.9 Å². The van der Waals surface area contributed by atoms with Gasteiger partial charge in [0.25, 0.3) is 0 Å². The van der Waals surface area contributed by atoms with Gasteiger partial charge in [0.2, 0.25) is 5.91 Å². The van der Waals surface area contributed by atoms with Crippen LogP contribution in [0.25, 0.3) is 0 Å². The molecule has 1 fully saturated rings. The Labute approximate surface area is 198 Å². The number of nitrogens with zero attached hydrogens (tertiary/aromatic N) is 2. The van der Waals surface area contributed by atoms with Crippen molar-refractivity contribution < 1.29 is 24.5 Å². The van der Waals surface area contributed by atoms with E-state index in [1.165, 1.54) is 0 Å². The van der Waals surface area contributed by atoms with Crippen molar-refractivity contribution in [3.05, 3.63) is 46.8 Å². The number of aliphatic hydroxyl groups is 1. The van der Waals surface area contributed by atoms with Gasteiger partial charge in [0.15, 0.2) is 0 Å². The Bertz CT molecular complexity index is 936. The van der Waals surface area contributed by atoms with Gasteiger partial charge in [0.1, 0.15) is 17.7 Å². The molecule has 0 saturated carbocycles. The van der Waals surface area contributed by atoms with E-state index in [0.717, 1.165) is 22.5 Å². The Balaban J connectivity index is 0.000000274. The molecule has 188 valence electrons. The lowest BCUT2D eigenvalue weighted by atomic mass is 10.1. The Morgan fingerprint density at radius 1 is 1.12 bits per heavy atom. The maximum Gasteiger partial charge on any atom is 0.308 e. The van der Waals surface area contributed by atoms with Crippen molar-refractivity contribution in [2.75, 3.05) is 31.3 Å². The molecule has 0 radical (unpaired) electrons. The van der Waals surface area contributed by atoms with Gasteiger partial charge >= 0.3 is 5.97 Å². The summed E-state index contributed by atoms with van der Waals surface area (Å²) in [4.78, 5) is 29.5. The van der Waals surface area contributed by atoms with Gasteiger partial charge in [-0.1, -0.05) is 12.1 Å². The second-order valence-corrected chi connectivity index (χ2v) is 7.57. The van der Waals surface area contributed by atoms with E-state index in [1.54, 1.807) is 18.2 Å². The fraction of sp³-hybridized carbons (Fsp3) is 0.455. The SMILES string of the molecule is Cc1nc(N)ccc1CN.Cc1nc(N)ccc1CNC(=O)[C@@H](N)CO.O=C(O)[C@H]1CCOC1. The summed E-state index contributed by atoms with van der Waals surface area (Å²) in [6.07, 6.45) is 0.676. The van der Waals surface area contributed by atoms with Crippen LogP contribution in [0.4, 0.5) is 11.6 Å². The van der Waals surface area contributed by atoms with Gasteiger partial charge < -0.3 is 43.2 Å². The molecule has 12 nitrogen and oxygen atoms in total. The first-order chi connectivity index (χ1) is 16.1. The summed E-state index contributed by atoms with van der Waals surface area (Å²) >= 11 is 0. The molecule has 2 aromatic rings. The third-order valence-electron chi connectivity index (χ3n) is 4.92. The minimum absolute atomic E-state index is 0.241. The van der Waals surface area contributed by atoms with Gasteiger partial charge in [-0.15, -0.1) is 0 Å². The number of nitrogens with two attached hydrogens (primary N) is 4. The maximum atomic E-state index is 11.3. The third kappa shape index (κ3) is 10.1. The molecule has 0 aliphatic carbocycles. The van der Waals surface area contributed by atoms with Gasteiger partial charge in [-0.05, 0) is 43.5 Å². The monoisotopic (exact) mass is 477 g/mol. The van der Waals surface area contributed by atoms with E-state index < -0.39 is 17.9 Å². The molecule has 0 aromatic carbocycles. The van der Waals surface area contributed by atoms with Crippen molar-refractivity contribution in [2.45, 2.75) is 39.4 Å². The minimum Gasteiger partial charge on any atom is -0.481 e. The number of anilines is 2. The molecule has 0 bridgehead atoms. The lowest BCUT2D eigenvalue weighted by Gasteiger charge is -2.10. The zero-order valence-corrected chi connectivity index (χ0v) is 19.5. The number of nitrogen functional groups attached to an aromatic ring is 2. The lowest BCUT2D eigenvalue weighted by Crippen LogP contribution is -2.42. The normalized spacial score (nSPS) is 15.3. The number of nitrogens with one attached hydrogen (secondary N) is 1. The van der Waals surface area contributed by atoms with Crippen LogP contribution in [-0.2, 0) is 27.4 Å². The maximum absolute atomic E-state index is 11.3. The molecule has 11 N–H and O–H groups in total. The van der Waals surface area contributed by atoms with Crippen molar-refractivity contribution in [1.82, 2.24) is 15.3 Å². The molecule has 1 amide bonds. The van der Waals surface area contributed by atoms with Crippen LogP contribution in [0.3, 0.4) is 0 Å². The van der Waals surface area contributed by atoms with E-state index in [1.807, 2.05) is 19.9 Å². The van der Waals surface area contributed by atoms with E-state index in [9.17, 15) is 9.59 Å². The molecule has 2 aromatic heterocycles. The highest BCUT2D eigenvalue weighted by atomic mass is 16.5. The number of aryl methyl sites for hydroxylation is 2. The number of carboxylic acid groups (broad SMARTS) is 1. The number of rotatable bonds is 6. The van der Waals surface area contributed by atoms with Gasteiger partial charge in [-0.2, -0.15) is 0 Å². The average Bonchev–Trinajstić information content (AvgIpc) is 3.34. The summed E-state index contributed by atoms with van der Waals surface area (Å²) in [5.74, 6) is -0.370. The predicted octanol–water partition coefficient (Wildman–Crippen LogP) is -0.554. The van der Waals surface area contributed by atoms with Crippen LogP contribution in [0.1, 0.15) is 28.9 Å². The molecule has 1 saturated heterocycles. The number of aliphatic hydroxyl groups excluding tert-OH is 1. The van der Waals surface area contributed by atoms with Crippen molar-refractivity contribution >= 4 is 23.5 Å². The van der Waals surface area contributed by atoms with Crippen LogP contribution in [0.15, 0.2) is 24.3 Å². The number of ether oxygens (including phenoxy) is 1. The van der Waals surface area contributed by atoms with Gasteiger partial charge in [-0.25, -0.2) is 9.97 Å². The first-order valence-electron chi connectivity index (χ1n) is 10.7. The molecular weight excluding hydrogens is 442 g/mol. The van der Waals surface area contributed by atoms with E-state index in [0.29, 0.717) is 44.4 Å². The van der Waals surface area contributed by atoms with E-state index in [2.05, 4.69) is 15.3 Å². The summed E-state index contributed by atoms with van der Waals surface area (Å²) in [5.41, 5.74) is 25.3. The van der Waals surface area contributed by atoms with Gasteiger partial charge in [0.05, 0.1) is 19.1 Å². The smallest absolute Gasteiger partial charge is 0.308 e. The molecule has 12 heteroatoms. The number of carbonyl (C=O) groups is 2. The van der Waals surface area contributed by atoms with Crippen LogP contribution < -0.4 is 28.3 Å².